The Morgan fingerprint density at radius 3 is 2.50 bits per heavy atom. The predicted octanol–water partition coefficient (Wildman–Crippen LogP) is 2.50. The van der Waals surface area contributed by atoms with Crippen molar-refractivity contribution in [2.24, 2.45) is 0 Å². The van der Waals surface area contributed by atoms with E-state index in [0.717, 1.165) is 6.26 Å². The lowest BCUT2D eigenvalue weighted by Crippen LogP contribution is -2.10. The quantitative estimate of drug-likeness (QED) is 0.810. The van der Waals surface area contributed by atoms with E-state index in [1.165, 1.54) is 24.3 Å². The van der Waals surface area contributed by atoms with Gasteiger partial charge in [0.15, 0.2) is 16.4 Å². The highest BCUT2D eigenvalue weighted by atomic mass is 35.5. The Labute approximate surface area is 144 Å². The second kappa shape index (κ2) is 7.11. The minimum absolute atomic E-state index is 0.0744. The summed E-state index contributed by atoms with van der Waals surface area (Å²) in [5.41, 5.74) is 0.894. The van der Waals surface area contributed by atoms with Gasteiger partial charge in [-0.2, -0.15) is 0 Å². The molecule has 0 spiro atoms. The lowest BCUT2D eigenvalue weighted by Gasteiger charge is -2.12. The largest absolute Gasteiger partial charge is 0.508 e. The molecule has 0 aliphatic rings. The summed E-state index contributed by atoms with van der Waals surface area (Å²) in [5, 5.41) is 19.1. The molecule has 24 heavy (non-hydrogen) atoms. The molecule has 8 heteroatoms. The molecule has 2 N–H and O–H groups in total. The van der Waals surface area contributed by atoms with Gasteiger partial charge in [0.2, 0.25) is 0 Å². The number of phenols is 1. The summed E-state index contributed by atoms with van der Waals surface area (Å²) in [6.07, 6.45) is 1.20. The van der Waals surface area contributed by atoms with Crippen molar-refractivity contribution in [1.29, 1.82) is 0 Å². The van der Waals surface area contributed by atoms with Crippen LogP contribution in [0.1, 0.15) is 11.1 Å². The third-order valence-electron chi connectivity index (χ3n) is 3.23. The maximum atomic E-state index is 11.7. The van der Waals surface area contributed by atoms with Crippen LogP contribution in [0.25, 0.3) is 0 Å². The van der Waals surface area contributed by atoms with Gasteiger partial charge in [-0.1, -0.05) is 11.6 Å². The average molecular weight is 371 g/mol. The van der Waals surface area contributed by atoms with Gasteiger partial charge in [0.05, 0.1) is 4.90 Å². The van der Waals surface area contributed by atoms with Gasteiger partial charge >= 0.3 is 5.97 Å². The summed E-state index contributed by atoms with van der Waals surface area (Å²) >= 11 is 5.96. The Kier molecular flexibility index (Phi) is 5.36. The summed E-state index contributed by atoms with van der Waals surface area (Å²) < 4.78 is 28.5. The zero-order chi connectivity index (χ0) is 17.9. The molecule has 0 radical (unpaired) electrons. The molecule has 0 saturated carbocycles. The van der Waals surface area contributed by atoms with Crippen LogP contribution in [0.2, 0.25) is 5.02 Å². The average Bonchev–Trinajstić information content (AvgIpc) is 2.47. The summed E-state index contributed by atoms with van der Waals surface area (Å²) in [4.78, 5) is 10.7. The van der Waals surface area contributed by atoms with Crippen molar-refractivity contribution >= 4 is 27.4 Å². The molecule has 2 rings (SSSR count). The first-order chi connectivity index (χ1) is 11.2. The number of halogens is 1. The number of carboxylic acid groups (broad SMARTS) is 1. The molecular weight excluding hydrogens is 356 g/mol. The van der Waals surface area contributed by atoms with Gasteiger partial charge in [-0.15, -0.1) is 0 Å². The van der Waals surface area contributed by atoms with Crippen molar-refractivity contribution in [1.82, 2.24) is 0 Å². The molecule has 2 aromatic carbocycles. The van der Waals surface area contributed by atoms with Crippen molar-refractivity contribution in [2.75, 3.05) is 12.9 Å². The monoisotopic (exact) mass is 370 g/mol. The number of carboxylic acids is 1. The Hall–Kier alpha value is -2.25. The zero-order valence-electron chi connectivity index (χ0n) is 12.7. The fourth-order valence-electron chi connectivity index (χ4n) is 2.11. The SMILES string of the molecule is CS(=O)(=O)c1ccc(O)c(Cc2cc(Cl)ccc2OCC(=O)O)c1. The molecule has 0 amide bonds. The van der Waals surface area contributed by atoms with Gasteiger partial charge in [-0.25, -0.2) is 13.2 Å². The zero-order valence-corrected chi connectivity index (χ0v) is 14.3. The van der Waals surface area contributed by atoms with E-state index < -0.39 is 22.4 Å². The molecule has 0 aromatic heterocycles. The van der Waals surface area contributed by atoms with Gasteiger partial charge in [0, 0.05) is 23.3 Å². The molecular formula is C16H15ClO6S. The number of aromatic hydroxyl groups is 1. The van der Waals surface area contributed by atoms with Crippen molar-refractivity contribution < 1.29 is 28.2 Å². The fraction of sp³-hybridized carbons (Fsp3) is 0.188. The van der Waals surface area contributed by atoms with Crippen LogP contribution in [0.5, 0.6) is 11.5 Å². The molecule has 0 fully saturated rings. The Morgan fingerprint density at radius 2 is 1.88 bits per heavy atom. The van der Waals surface area contributed by atoms with E-state index in [1.54, 1.807) is 12.1 Å². The number of benzene rings is 2. The van der Waals surface area contributed by atoms with E-state index in [0.29, 0.717) is 21.9 Å². The van der Waals surface area contributed by atoms with E-state index in [4.69, 9.17) is 21.4 Å². The molecule has 128 valence electrons. The van der Waals surface area contributed by atoms with Crippen LogP contribution in [0.4, 0.5) is 0 Å². The van der Waals surface area contributed by atoms with Gasteiger partial charge in [-0.05, 0) is 42.0 Å². The normalized spacial score (nSPS) is 11.2. The Balaban J connectivity index is 2.40. The predicted molar refractivity (Wildman–Crippen MR) is 88.6 cm³/mol. The minimum Gasteiger partial charge on any atom is -0.508 e. The van der Waals surface area contributed by atoms with Crippen LogP contribution in [0, 0.1) is 0 Å². The van der Waals surface area contributed by atoms with Crippen LogP contribution in [0.15, 0.2) is 41.3 Å². The highest BCUT2D eigenvalue weighted by molar-refractivity contribution is 7.90. The lowest BCUT2D eigenvalue weighted by molar-refractivity contribution is -0.139. The highest BCUT2D eigenvalue weighted by Gasteiger charge is 2.14. The maximum absolute atomic E-state index is 11.7. The number of rotatable bonds is 6. The van der Waals surface area contributed by atoms with Crippen LogP contribution in [-0.4, -0.2) is 37.5 Å². The first-order valence-corrected chi connectivity index (χ1v) is 9.08. The van der Waals surface area contributed by atoms with Crippen molar-refractivity contribution in [3.63, 3.8) is 0 Å². The van der Waals surface area contributed by atoms with Crippen LogP contribution in [-0.2, 0) is 21.1 Å². The van der Waals surface area contributed by atoms with Crippen molar-refractivity contribution in [3.05, 3.63) is 52.5 Å². The van der Waals surface area contributed by atoms with Gasteiger partial charge in [0.1, 0.15) is 11.5 Å². The molecule has 0 saturated heterocycles. The van der Waals surface area contributed by atoms with Gasteiger partial charge in [0.25, 0.3) is 0 Å². The molecule has 0 aliphatic carbocycles. The summed E-state index contributed by atoms with van der Waals surface area (Å²) in [7, 11) is -3.42. The van der Waals surface area contributed by atoms with E-state index in [1.807, 2.05) is 0 Å². The number of hydrogen-bond acceptors (Lipinski definition) is 5. The number of aliphatic carboxylic acids is 1. The number of phenolic OH excluding ortho intramolecular Hbond substituents is 1. The molecule has 0 unspecified atom stereocenters. The molecule has 6 nitrogen and oxygen atoms in total. The molecule has 0 heterocycles. The van der Waals surface area contributed by atoms with Crippen molar-refractivity contribution in [3.8, 4) is 11.5 Å². The molecule has 0 aliphatic heterocycles. The van der Waals surface area contributed by atoms with E-state index in [2.05, 4.69) is 0 Å². The first kappa shape index (κ1) is 18.1. The summed E-state index contributed by atoms with van der Waals surface area (Å²) in [6.45, 7) is -0.524. The van der Waals surface area contributed by atoms with E-state index in [9.17, 15) is 18.3 Å². The number of ether oxygens (including phenoxy) is 1. The van der Waals surface area contributed by atoms with Crippen molar-refractivity contribution in [2.45, 2.75) is 11.3 Å². The molecule has 0 atom stereocenters. The van der Waals surface area contributed by atoms with E-state index in [-0.39, 0.29) is 17.1 Å². The number of carbonyl (C=O) groups is 1. The second-order valence-corrected chi connectivity index (χ2v) is 7.63. The molecule has 0 bridgehead atoms. The summed E-state index contributed by atoms with van der Waals surface area (Å²) in [5.74, 6) is -0.907. The number of sulfone groups is 1. The number of hydrogen-bond donors (Lipinski definition) is 2. The van der Waals surface area contributed by atoms with E-state index >= 15 is 0 Å². The van der Waals surface area contributed by atoms with Gasteiger partial charge in [-0.3, -0.25) is 0 Å². The van der Waals surface area contributed by atoms with Crippen LogP contribution >= 0.6 is 11.6 Å². The highest BCUT2D eigenvalue weighted by Crippen LogP contribution is 2.30. The topological polar surface area (TPSA) is 101 Å². The first-order valence-electron chi connectivity index (χ1n) is 6.82. The van der Waals surface area contributed by atoms with Crippen LogP contribution in [0.3, 0.4) is 0 Å². The standard InChI is InChI=1S/C16H15ClO6S/c1-24(21,22)13-3-4-14(18)10(8-13)6-11-7-12(17)2-5-15(11)23-9-16(19)20/h2-5,7-8,18H,6,9H2,1H3,(H,19,20). The molecule has 2 aromatic rings. The van der Waals surface area contributed by atoms with Crippen LogP contribution < -0.4 is 4.74 Å². The smallest absolute Gasteiger partial charge is 0.341 e. The minimum atomic E-state index is -3.42. The Bertz CT molecular complexity index is 876. The third-order valence-corrected chi connectivity index (χ3v) is 4.58. The maximum Gasteiger partial charge on any atom is 0.341 e. The van der Waals surface area contributed by atoms with Gasteiger partial charge < -0.3 is 14.9 Å². The second-order valence-electron chi connectivity index (χ2n) is 5.17. The Morgan fingerprint density at radius 1 is 1.17 bits per heavy atom. The fourth-order valence-corrected chi connectivity index (χ4v) is 2.97. The lowest BCUT2D eigenvalue weighted by atomic mass is 10.0. The summed E-state index contributed by atoms with van der Waals surface area (Å²) in [6, 6.07) is 8.63. The third kappa shape index (κ3) is 4.62.